The second kappa shape index (κ2) is 10.7. The van der Waals surface area contributed by atoms with Crippen molar-refractivity contribution in [2.45, 2.75) is 52.4 Å². The summed E-state index contributed by atoms with van der Waals surface area (Å²) < 4.78 is 13.1. The Morgan fingerprint density at radius 3 is 2.82 bits per heavy atom. The van der Waals surface area contributed by atoms with Crippen LogP contribution in [0.3, 0.4) is 0 Å². The maximum atomic E-state index is 13.3. The van der Waals surface area contributed by atoms with Crippen LogP contribution in [-0.2, 0) is 4.43 Å². The van der Waals surface area contributed by atoms with Crippen LogP contribution in [0.4, 0.5) is 0 Å². The van der Waals surface area contributed by atoms with E-state index < -0.39 is 9.04 Å². The van der Waals surface area contributed by atoms with E-state index in [0.717, 1.165) is 10.5 Å². The molecule has 0 fully saturated rings. The van der Waals surface area contributed by atoms with E-state index in [0.29, 0.717) is 37.1 Å². The molecule has 2 rings (SSSR count). The van der Waals surface area contributed by atoms with E-state index in [1.807, 2.05) is 11.9 Å². The van der Waals surface area contributed by atoms with Crippen molar-refractivity contribution in [1.82, 2.24) is 15.2 Å². The average molecular weight is 473 g/mol. The fourth-order valence-electron chi connectivity index (χ4n) is 3.55. The molecule has 1 N–H and O–H groups in total. The van der Waals surface area contributed by atoms with Crippen LogP contribution in [0.2, 0.25) is 12.6 Å². The van der Waals surface area contributed by atoms with Crippen molar-refractivity contribution >= 4 is 30.9 Å². The highest BCUT2D eigenvalue weighted by molar-refractivity contribution is 9.10. The molecule has 0 aromatic carbocycles. The lowest BCUT2D eigenvalue weighted by Gasteiger charge is -2.37. The van der Waals surface area contributed by atoms with Crippen LogP contribution in [0, 0.1) is 11.8 Å². The smallest absolute Gasteiger partial charge is 0.259 e. The van der Waals surface area contributed by atoms with Crippen molar-refractivity contribution in [3.8, 4) is 5.88 Å². The predicted octanol–water partition coefficient (Wildman–Crippen LogP) is 3.32. The summed E-state index contributed by atoms with van der Waals surface area (Å²) >= 11 is 3.43. The van der Waals surface area contributed by atoms with Crippen LogP contribution in [0.5, 0.6) is 5.88 Å². The maximum absolute atomic E-state index is 13.3. The zero-order valence-electron chi connectivity index (χ0n) is 17.9. The van der Waals surface area contributed by atoms with Crippen LogP contribution in [0.25, 0.3) is 0 Å². The number of hydrogen-bond donors (Lipinski definition) is 1. The van der Waals surface area contributed by atoms with Crippen LogP contribution in [0.1, 0.15) is 38.1 Å². The Hall–Kier alpha value is -0.963. The summed E-state index contributed by atoms with van der Waals surface area (Å²) in [5.74, 6) is 1.17. The molecule has 1 aliphatic rings. The molecule has 8 heteroatoms. The molecule has 28 heavy (non-hydrogen) atoms. The first-order valence-electron chi connectivity index (χ1n) is 10.1. The molecular weight excluding hydrogens is 438 g/mol. The van der Waals surface area contributed by atoms with Gasteiger partial charge in [-0.1, -0.05) is 20.8 Å². The number of amides is 1. The summed E-state index contributed by atoms with van der Waals surface area (Å²) in [7, 11) is 0.689. The van der Waals surface area contributed by atoms with Gasteiger partial charge in [0.15, 0.2) is 9.04 Å². The summed E-state index contributed by atoms with van der Waals surface area (Å²) in [6.07, 6.45) is 1.61. The van der Waals surface area contributed by atoms with Gasteiger partial charge in [0.25, 0.3) is 5.91 Å². The summed E-state index contributed by atoms with van der Waals surface area (Å²) in [5, 5.41) is 3.19. The van der Waals surface area contributed by atoms with Gasteiger partial charge >= 0.3 is 0 Å². The number of nitrogens with zero attached hydrogens (tertiary/aromatic N) is 2. The fourth-order valence-corrected chi connectivity index (χ4v) is 5.95. The van der Waals surface area contributed by atoms with Crippen molar-refractivity contribution < 1.29 is 14.0 Å². The minimum Gasteiger partial charge on any atom is -0.472 e. The minimum absolute atomic E-state index is 0.00257. The standard InChI is InChI=1S/C20H34BrN3O3Si/c1-13(2)12-28(6)26-11-15(4)24-10-14(3)18(9-22-5)27-19-17(20(24)25)7-16(21)8-23-19/h7-8,13-15,18,22,28H,9-12H2,1-6H3. The molecular formula is C20H34BrN3O3Si. The van der Waals surface area contributed by atoms with Crippen molar-refractivity contribution in [2.75, 3.05) is 26.7 Å². The third-order valence-corrected chi connectivity index (χ3v) is 7.86. The van der Waals surface area contributed by atoms with Gasteiger partial charge in [-0.15, -0.1) is 0 Å². The normalized spacial score (nSPS) is 22.3. The topological polar surface area (TPSA) is 63.7 Å². The number of aromatic nitrogens is 1. The van der Waals surface area contributed by atoms with Crippen LogP contribution in [-0.4, -0.2) is 63.7 Å². The highest BCUT2D eigenvalue weighted by Crippen LogP contribution is 2.28. The number of likely N-dealkylation sites (N-methyl/N-ethyl adjacent to an activating group) is 1. The number of rotatable bonds is 8. The van der Waals surface area contributed by atoms with E-state index >= 15 is 0 Å². The van der Waals surface area contributed by atoms with E-state index in [2.05, 4.69) is 60.5 Å². The number of carbonyl (C=O) groups excluding carboxylic acids is 1. The Balaban J connectivity index is 2.24. The van der Waals surface area contributed by atoms with Crippen LogP contribution >= 0.6 is 15.9 Å². The molecule has 0 aliphatic carbocycles. The number of ether oxygens (including phenoxy) is 1. The molecule has 1 amide bonds. The summed E-state index contributed by atoms with van der Waals surface area (Å²) in [6, 6.07) is 2.94. The summed E-state index contributed by atoms with van der Waals surface area (Å²) in [4.78, 5) is 19.6. The first-order chi connectivity index (χ1) is 13.2. The van der Waals surface area contributed by atoms with E-state index in [1.165, 1.54) is 0 Å². The summed E-state index contributed by atoms with van der Waals surface area (Å²) in [6.45, 7) is 12.8. The zero-order chi connectivity index (χ0) is 20.8. The molecule has 6 nitrogen and oxygen atoms in total. The molecule has 0 bridgehead atoms. The first kappa shape index (κ1) is 23.3. The molecule has 0 spiro atoms. The number of nitrogens with one attached hydrogen (secondary N) is 1. The number of hydrogen-bond acceptors (Lipinski definition) is 5. The van der Waals surface area contributed by atoms with Crippen LogP contribution in [0.15, 0.2) is 16.7 Å². The van der Waals surface area contributed by atoms with Gasteiger partial charge in [0.05, 0.1) is 12.6 Å². The molecule has 4 atom stereocenters. The zero-order valence-corrected chi connectivity index (χ0v) is 20.6. The van der Waals surface area contributed by atoms with Gasteiger partial charge in [-0.2, -0.15) is 0 Å². The highest BCUT2D eigenvalue weighted by atomic mass is 79.9. The minimum atomic E-state index is -1.22. The molecule has 1 aromatic rings. The SMILES string of the molecule is CNCC1Oc2ncc(Br)cc2C(=O)N(C(C)CO[SiH](C)CC(C)C)CC1C. The molecule has 1 aromatic heterocycles. The van der Waals surface area contributed by atoms with Gasteiger partial charge < -0.3 is 19.4 Å². The predicted molar refractivity (Wildman–Crippen MR) is 119 cm³/mol. The number of fused-ring (bicyclic) bond motifs is 1. The highest BCUT2D eigenvalue weighted by Gasteiger charge is 2.33. The molecule has 0 saturated heterocycles. The Morgan fingerprint density at radius 1 is 1.46 bits per heavy atom. The quantitative estimate of drug-likeness (QED) is 0.589. The molecule has 4 unspecified atom stereocenters. The van der Waals surface area contributed by atoms with E-state index in [-0.39, 0.29) is 24.0 Å². The van der Waals surface area contributed by atoms with Gasteiger partial charge in [-0.05, 0) is 54.5 Å². The lowest BCUT2D eigenvalue weighted by Crippen LogP contribution is -2.50. The molecule has 0 saturated carbocycles. The second-order valence-electron chi connectivity index (χ2n) is 8.28. The Kier molecular flexibility index (Phi) is 8.92. The van der Waals surface area contributed by atoms with Crippen LogP contribution < -0.4 is 10.1 Å². The van der Waals surface area contributed by atoms with Crippen molar-refractivity contribution in [1.29, 1.82) is 0 Å². The molecule has 1 aliphatic heterocycles. The monoisotopic (exact) mass is 471 g/mol. The van der Waals surface area contributed by atoms with E-state index in [9.17, 15) is 4.79 Å². The van der Waals surface area contributed by atoms with Gasteiger partial charge in [0.1, 0.15) is 11.7 Å². The fraction of sp³-hybridized carbons (Fsp3) is 0.700. The summed E-state index contributed by atoms with van der Waals surface area (Å²) in [5.41, 5.74) is 0.502. The van der Waals surface area contributed by atoms with Crippen molar-refractivity contribution in [3.63, 3.8) is 0 Å². The van der Waals surface area contributed by atoms with Gasteiger partial charge in [-0.3, -0.25) is 4.79 Å². The van der Waals surface area contributed by atoms with Gasteiger partial charge in [-0.25, -0.2) is 4.98 Å². The largest absolute Gasteiger partial charge is 0.472 e. The third-order valence-electron chi connectivity index (χ3n) is 5.05. The Morgan fingerprint density at radius 2 is 2.18 bits per heavy atom. The van der Waals surface area contributed by atoms with E-state index in [4.69, 9.17) is 9.16 Å². The number of carbonyl (C=O) groups is 1. The second-order valence-corrected chi connectivity index (χ2v) is 11.6. The van der Waals surface area contributed by atoms with Gasteiger partial charge in [0.2, 0.25) is 5.88 Å². The number of halogens is 1. The van der Waals surface area contributed by atoms with Gasteiger partial charge in [0, 0.05) is 29.7 Å². The maximum Gasteiger partial charge on any atom is 0.259 e. The number of pyridine rings is 1. The van der Waals surface area contributed by atoms with Crippen molar-refractivity contribution in [2.24, 2.45) is 11.8 Å². The Labute approximate surface area is 179 Å². The lowest BCUT2D eigenvalue weighted by atomic mass is 10.0. The lowest BCUT2D eigenvalue weighted by molar-refractivity contribution is 0.0419. The average Bonchev–Trinajstić information content (AvgIpc) is 2.63. The molecule has 2 heterocycles. The molecule has 158 valence electrons. The Bertz CT molecular complexity index is 662. The van der Waals surface area contributed by atoms with E-state index in [1.54, 1.807) is 12.3 Å². The first-order valence-corrected chi connectivity index (χ1v) is 13.4. The third kappa shape index (κ3) is 6.27. The van der Waals surface area contributed by atoms with Crippen molar-refractivity contribution in [3.05, 3.63) is 22.3 Å². The molecule has 0 radical (unpaired) electrons.